The van der Waals surface area contributed by atoms with Crippen molar-refractivity contribution < 1.29 is 4.79 Å². The van der Waals surface area contributed by atoms with E-state index < -0.39 is 0 Å². The molecule has 0 heterocycles. The summed E-state index contributed by atoms with van der Waals surface area (Å²) in [6, 6.07) is 11.5. The van der Waals surface area contributed by atoms with Gasteiger partial charge in [-0.3, -0.25) is 4.79 Å². The molecule has 0 amide bonds. The third-order valence-electron chi connectivity index (χ3n) is 2.85. The zero-order chi connectivity index (χ0) is 15.4. The molecule has 21 heavy (non-hydrogen) atoms. The van der Waals surface area contributed by atoms with Crippen molar-refractivity contribution in [3.63, 3.8) is 0 Å². The van der Waals surface area contributed by atoms with Crippen LogP contribution in [0.15, 0.2) is 60.8 Å². The molecule has 108 valence electrons. The van der Waals surface area contributed by atoms with E-state index in [2.05, 4.69) is 47.8 Å². The summed E-state index contributed by atoms with van der Waals surface area (Å²) in [4.78, 5) is 13.3. The Morgan fingerprint density at radius 2 is 1.67 bits per heavy atom. The highest BCUT2D eigenvalue weighted by atomic mass is 79.9. The molecule has 0 saturated heterocycles. The number of carbonyl (C=O) groups excluding carboxylic acids is 1. The van der Waals surface area contributed by atoms with Crippen molar-refractivity contribution in [3.8, 4) is 0 Å². The van der Waals surface area contributed by atoms with Crippen LogP contribution >= 0.6 is 59.6 Å². The summed E-state index contributed by atoms with van der Waals surface area (Å²) in [5, 5.41) is 0. The van der Waals surface area contributed by atoms with E-state index in [0.717, 1.165) is 23.9 Å². The van der Waals surface area contributed by atoms with E-state index in [1.165, 1.54) is 0 Å². The van der Waals surface area contributed by atoms with E-state index in [1.807, 2.05) is 48.7 Å². The Morgan fingerprint density at radius 3 is 2.29 bits per heavy atom. The summed E-state index contributed by atoms with van der Waals surface area (Å²) in [5.41, 5.74) is 1.63. The minimum Gasteiger partial charge on any atom is -0.289 e. The summed E-state index contributed by atoms with van der Waals surface area (Å²) in [6.45, 7) is 0. The first-order chi connectivity index (χ1) is 10.0. The number of carbonyl (C=O) groups is 1. The van der Waals surface area contributed by atoms with Crippen molar-refractivity contribution in [2.45, 2.75) is 4.90 Å². The molecule has 0 spiro atoms. The maximum atomic E-state index is 12.2. The highest BCUT2D eigenvalue weighted by molar-refractivity contribution is 9.14. The van der Waals surface area contributed by atoms with Crippen LogP contribution in [0.3, 0.4) is 0 Å². The van der Waals surface area contributed by atoms with Crippen LogP contribution in [0.25, 0.3) is 6.08 Å². The normalized spacial score (nSPS) is 11.0. The maximum Gasteiger partial charge on any atom is 0.185 e. The summed E-state index contributed by atoms with van der Waals surface area (Å²) < 4.78 is 2.81. The third-order valence-corrected chi connectivity index (χ3v) is 7.00. The molecule has 0 unspecified atom stereocenters. The molecule has 2 aromatic carbocycles. The van der Waals surface area contributed by atoms with Crippen LogP contribution in [0.4, 0.5) is 0 Å². The Labute approximate surface area is 153 Å². The predicted octanol–water partition coefficient (Wildman–Crippen LogP) is 6.59. The van der Waals surface area contributed by atoms with Crippen LogP contribution in [0.1, 0.15) is 15.9 Å². The van der Waals surface area contributed by atoms with Gasteiger partial charge in [-0.05, 0) is 102 Å². The van der Waals surface area contributed by atoms with E-state index in [9.17, 15) is 4.79 Å². The molecule has 0 bridgehead atoms. The first-order valence-electron chi connectivity index (χ1n) is 6.03. The van der Waals surface area contributed by atoms with Gasteiger partial charge < -0.3 is 0 Å². The van der Waals surface area contributed by atoms with Crippen molar-refractivity contribution in [2.75, 3.05) is 6.26 Å². The van der Waals surface area contributed by atoms with E-state index in [-0.39, 0.29) is 5.78 Å². The Hall–Kier alpha value is -0.360. The van der Waals surface area contributed by atoms with Gasteiger partial charge in [0, 0.05) is 23.9 Å². The number of hydrogen-bond donors (Lipinski definition) is 0. The standard InChI is InChI=1S/C16H11Br3OS/c1-21-12-6-2-10(3-7-12)14(20)9-5-11-4-8-13(17)16(19)15(11)18/h2-9H,1H3. The van der Waals surface area contributed by atoms with Crippen LogP contribution in [-0.4, -0.2) is 12.0 Å². The average Bonchev–Trinajstić information content (AvgIpc) is 2.52. The Morgan fingerprint density at radius 1 is 1.00 bits per heavy atom. The summed E-state index contributed by atoms with van der Waals surface area (Å²) >= 11 is 12.1. The summed E-state index contributed by atoms with van der Waals surface area (Å²) in [5.74, 6) is -0.00593. The molecular formula is C16H11Br3OS. The SMILES string of the molecule is CSc1ccc(C(=O)C=Cc2ccc(Br)c(Br)c2Br)cc1. The molecule has 0 aromatic heterocycles. The summed E-state index contributed by atoms with van der Waals surface area (Å²) in [6.07, 6.45) is 5.42. The van der Waals surface area contributed by atoms with Gasteiger partial charge in [-0.25, -0.2) is 0 Å². The molecule has 0 fully saturated rings. The van der Waals surface area contributed by atoms with Gasteiger partial charge >= 0.3 is 0 Å². The molecule has 1 nitrogen and oxygen atoms in total. The molecule has 2 aromatic rings. The number of rotatable bonds is 4. The molecular weight excluding hydrogens is 480 g/mol. The Bertz CT molecular complexity index is 693. The van der Waals surface area contributed by atoms with Crippen LogP contribution in [0.5, 0.6) is 0 Å². The second-order valence-corrected chi connectivity index (χ2v) is 7.51. The molecule has 0 radical (unpaired) electrons. The molecule has 5 heteroatoms. The highest BCUT2D eigenvalue weighted by Gasteiger charge is 2.06. The fourth-order valence-electron chi connectivity index (χ4n) is 1.69. The van der Waals surface area contributed by atoms with Gasteiger partial charge in [0.2, 0.25) is 0 Å². The van der Waals surface area contributed by atoms with Gasteiger partial charge in [-0.1, -0.05) is 6.07 Å². The van der Waals surface area contributed by atoms with Gasteiger partial charge in [-0.2, -0.15) is 0 Å². The highest BCUT2D eigenvalue weighted by Crippen LogP contribution is 2.34. The number of ketones is 1. The fraction of sp³-hybridized carbons (Fsp3) is 0.0625. The lowest BCUT2D eigenvalue weighted by atomic mass is 10.1. The average molecular weight is 491 g/mol. The molecule has 0 saturated carbocycles. The third kappa shape index (κ3) is 4.31. The minimum absolute atomic E-state index is 0.00593. The predicted molar refractivity (Wildman–Crippen MR) is 101 cm³/mol. The lowest BCUT2D eigenvalue weighted by Crippen LogP contribution is -1.93. The van der Waals surface area contributed by atoms with Crippen LogP contribution in [0.2, 0.25) is 0 Å². The van der Waals surface area contributed by atoms with E-state index in [1.54, 1.807) is 17.8 Å². The first-order valence-corrected chi connectivity index (χ1v) is 9.63. The molecule has 0 aliphatic rings. The number of hydrogen-bond acceptors (Lipinski definition) is 2. The van der Waals surface area contributed by atoms with Gasteiger partial charge in [0.05, 0.1) is 0 Å². The van der Waals surface area contributed by atoms with Crippen LogP contribution in [-0.2, 0) is 0 Å². The second kappa shape index (κ2) is 7.77. The Kier molecular flexibility index (Phi) is 6.29. The summed E-state index contributed by atoms with van der Waals surface area (Å²) in [7, 11) is 0. The van der Waals surface area contributed by atoms with Crippen molar-refractivity contribution in [2.24, 2.45) is 0 Å². The zero-order valence-corrected chi connectivity index (χ0v) is 16.6. The van der Waals surface area contributed by atoms with Crippen molar-refractivity contribution in [1.82, 2.24) is 0 Å². The molecule has 0 aliphatic carbocycles. The van der Waals surface area contributed by atoms with Gasteiger partial charge in [0.1, 0.15) is 0 Å². The quantitative estimate of drug-likeness (QED) is 0.208. The monoisotopic (exact) mass is 488 g/mol. The second-order valence-electron chi connectivity index (χ2n) is 4.19. The number of thioether (sulfide) groups is 1. The topological polar surface area (TPSA) is 17.1 Å². The lowest BCUT2D eigenvalue weighted by Gasteiger charge is -2.03. The van der Waals surface area contributed by atoms with Gasteiger partial charge in [-0.15, -0.1) is 11.8 Å². The van der Waals surface area contributed by atoms with Crippen molar-refractivity contribution in [1.29, 1.82) is 0 Å². The molecule has 0 atom stereocenters. The maximum absolute atomic E-state index is 12.2. The number of halogens is 3. The first kappa shape index (κ1) is 17.0. The smallest absolute Gasteiger partial charge is 0.185 e. The van der Waals surface area contributed by atoms with E-state index in [0.29, 0.717) is 5.56 Å². The van der Waals surface area contributed by atoms with Crippen LogP contribution < -0.4 is 0 Å². The van der Waals surface area contributed by atoms with Crippen LogP contribution in [0, 0.1) is 0 Å². The van der Waals surface area contributed by atoms with E-state index in [4.69, 9.17) is 0 Å². The Balaban J connectivity index is 2.20. The molecule has 0 aliphatic heterocycles. The molecule has 0 N–H and O–H groups in total. The van der Waals surface area contributed by atoms with Gasteiger partial charge in [0.15, 0.2) is 5.78 Å². The van der Waals surface area contributed by atoms with E-state index >= 15 is 0 Å². The fourth-order valence-corrected chi connectivity index (χ4v) is 3.53. The number of allylic oxidation sites excluding steroid dienone is 1. The zero-order valence-electron chi connectivity index (χ0n) is 11.1. The lowest BCUT2D eigenvalue weighted by molar-refractivity contribution is 0.104. The van der Waals surface area contributed by atoms with Crippen molar-refractivity contribution >= 4 is 71.4 Å². The largest absolute Gasteiger partial charge is 0.289 e. The van der Waals surface area contributed by atoms with Crippen molar-refractivity contribution in [3.05, 3.63) is 67.0 Å². The minimum atomic E-state index is -0.00593. The number of benzene rings is 2. The molecule has 2 rings (SSSR count). The van der Waals surface area contributed by atoms with Gasteiger partial charge in [0.25, 0.3) is 0 Å².